The van der Waals surface area contributed by atoms with Crippen molar-refractivity contribution in [1.29, 1.82) is 0 Å². The molecule has 2 atom stereocenters. The van der Waals surface area contributed by atoms with Crippen LogP contribution in [0.25, 0.3) is 0 Å². The van der Waals surface area contributed by atoms with Gasteiger partial charge in [-0.25, -0.2) is 9.59 Å². The van der Waals surface area contributed by atoms with Crippen molar-refractivity contribution in [3.05, 3.63) is 34.9 Å². The van der Waals surface area contributed by atoms with Crippen molar-refractivity contribution in [3.8, 4) is 0 Å². The Morgan fingerprint density at radius 1 is 1.28 bits per heavy atom. The third-order valence-electron chi connectivity index (χ3n) is 2.48. The number of carboxylic acid groups (broad SMARTS) is 1. The summed E-state index contributed by atoms with van der Waals surface area (Å²) in [6.07, 6.45) is -3.70. The molecule has 1 rings (SSSR count). The average Bonchev–Trinajstić information content (AvgIpc) is 2.35. The number of aliphatic hydroxyl groups excluding tert-OH is 2. The molecule has 0 aliphatic carbocycles. The lowest BCUT2D eigenvalue weighted by Gasteiger charge is -2.17. The Labute approximate surface area is 103 Å². The highest BCUT2D eigenvalue weighted by Crippen LogP contribution is 2.23. The normalized spacial score (nSPS) is 13.8. The maximum Gasteiger partial charge on any atom is 0.338 e. The fourth-order valence-corrected chi connectivity index (χ4v) is 1.53. The van der Waals surface area contributed by atoms with E-state index in [1.807, 2.05) is 0 Å². The fourth-order valence-electron chi connectivity index (χ4n) is 1.53. The van der Waals surface area contributed by atoms with E-state index in [9.17, 15) is 19.8 Å². The number of hydrogen-bond donors (Lipinski definition) is 3. The largest absolute Gasteiger partial charge is 0.479 e. The second-order valence-electron chi connectivity index (χ2n) is 3.81. The van der Waals surface area contributed by atoms with Gasteiger partial charge in [0.1, 0.15) is 6.10 Å². The van der Waals surface area contributed by atoms with E-state index in [-0.39, 0.29) is 11.1 Å². The summed E-state index contributed by atoms with van der Waals surface area (Å²) in [7, 11) is 1.17. The van der Waals surface area contributed by atoms with Gasteiger partial charge in [0, 0.05) is 0 Å². The lowest BCUT2D eigenvalue weighted by Crippen LogP contribution is -2.28. The van der Waals surface area contributed by atoms with Crippen molar-refractivity contribution in [2.45, 2.75) is 19.1 Å². The molecule has 0 aliphatic heterocycles. The van der Waals surface area contributed by atoms with Crippen molar-refractivity contribution in [2.75, 3.05) is 7.11 Å². The molecule has 1 aromatic rings. The van der Waals surface area contributed by atoms with Crippen molar-refractivity contribution >= 4 is 11.9 Å². The molecular weight excluding hydrogens is 240 g/mol. The molecule has 6 heteroatoms. The van der Waals surface area contributed by atoms with Crippen LogP contribution in [0.15, 0.2) is 18.2 Å². The Hall–Kier alpha value is -1.92. The van der Waals surface area contributed by atoms with E-state index in [2.05, 4.69) is 4.74 Å². The van der Waals surface area contributed by atoms with Crippen molar-refractivity contribution in [2.24, 2.45) is 0 Å². The predicted molar refractivity (Wildman–Crippen MR) is 61.1 cm³/mol. The number of esters is 1. The highest BCUT2D eigenvalue weighted by atomic mass is 16.5. The lowest BCUT2D eigenvalue weighted by molar-refractivity contribution is -0.153. The monoisotopic (exact) mass is 254 g/mol. The van der Waals surface area contributed by atoms with Gasteiger partial charge >= 0.3 is 11.9 Å². The van der Waals surface area contributed by atoms with E-state index < -0.39 is 24.1 Å². The molecule has 0 saturated carbocycles. The number of hydrogen-bond acceptors (Lipinski definition) is 5. The molecule has 0 amide bonds. The standard InChI is InChI=1S/C12H14O6/c1-6-3-4-7(12(17)18-2)8(5-6)9(13)10(14)11(15)16/h3-5,9-10,13-14H,1-2H3,(H,15,16). The number of aliphatic hydroxyl groups is 2. The van der Waals surface area contributed by atoms with Gasteiger partial charge in [-0.2, -0.15) is 0 Å². The highest BCUT2D eigenvalue weighted by Gasteiger charge is 2.28. The zero-order valence-corrected chi connectivity index (χ0v) is 9.95. The Balaban J connectivity index is 3.24. The zero-order chi connectivity index (χ0) is 13.9. The van der Waals surface area contributed by atoms with Gasteiger partial charge in [-0.3, -0.25) is 0 Å². The van der Waals surface area contributed by atoms with E-state index in [1.165, 1.54) is 19.2 Å². The van der Waals surface area contributed by atoms with Crippen LogP contribution in [0.4, 0.5) is 0 Å². The number of carbonyl (C=O) groups is 2. The summed E-state index contributed by atoms with van der Waals surface area (Å²) < 4.78 is 4.53. The first-order chi connectivity index (χ1) is 8.38. The number of rotatable bonds is 4. The maximum absolute atomic E-state index is 11.5. The summed E-state index contributed by atoms with van der Waals surface area (Å²) in [5.74, 6) is -2.28. The quantitative estimate of drug-likeness (QED) is 0.666. The van der Waals surface area contributed by atoms with Gasteiger partial charge in [0.25, 0.3) is 0 Å². The van der Waals surface area contributed by atoms with Crippen molar-refractivity contribution < 1.29 is 29.6 Å². The van der Waals surface area contributed by atoms with Crippen LogP contribution >= 0.6 is 0 Å². The summed E-state index contributed by atoms with van der Waals surface area (Å²) in [6, 6.07) is 4.47. The molecule has 18 heavy (non-hydrogen) atoms. The minimum absolute atomic E-state index is 0.0240. The van der Waals surface area contributed by atoms with Gasteiger partial charge in [-0.05, 0) is 18.6 Å². The van der Waals surface area contributed by atoms with Gasteiger partial charge in [-0.1, -0.05) is 17.7 Å². The Morgan fingerprint density at radius 3 is 2.39 bits per heavy atom. The van der Waals surface area contributed by atoms with Crippen molar-refractivity contribution in [3.63, 3.8) is 0 Å². The topological polar surface area (TPSA) is 104 Å². The van der Waals surface area contributed by atoms with Gasteiger partial charge in [0.05, 0.1) is 12.7 Å². The molecule has 3 N–H and O–H groups in total. The molecule has 0 saturated heterocycles. The van der Waals surface area contributed by atoms with E-state index in [4.69, 9.17) is 5.11 Å². The van der Waals surface area contributed by atoms with Crippen LogP contribution in [0, 0.1) is 6.92 Å². The molecule has 2 unspecified atom stereocenters. The van der Waals surface area contributed by atoms with Gasteiger partial charge < -0.3 is 20.1 Å². The average molecular weight is 254 g/mol. The highest BCUT2D eigenvalue weighted by molar-refractivity contribution is 5.91. The van der Waals surface area contributed by atoms with Crippen LogP contribution in [0.1, 0.15) is 27.6 Å². The van der Waals surface area contributed by atoms with Gasteiger partial charge in [0.15, 0.2) is 6.10 Å². The first-order valence-electron chi connectivity index (χ1n) is 5.16. The molecule has 0 radical (unpaired) electrons. The SMILES string of the molecule is COC(=O)c1ccc(C)cc1C(O)C(O)C(=O)O. The Morgan fingerprint density at radius 2 is 1.89 bits per heavy atom. The van der Waals surface area contributed by atoms with Crippen LogP contribution in [0.5, 0.6) is 0 Å². The molecule has 0 bridgehead atoms. The number of ether oxygens (including phenoxy) is 1. The van der Waals surface area contributed by atoms with E-state index >= 15 is 0 Å². The van der Waals surface area contributed by atoms with E-state index in [0.717, 1.165) is 0 Å². The van der Waals surface area contributed by atoms with Crippen molar-refractivity contribution in [1.82, 2.24) is 0 Å². The van der Waals surface area contributed by atoms with Crippen LogP contribution in [0.2, 0.25) is 0 Å². The summed E-state index contributed by atoms with van der Waals surface area (Å²) in [5.41, 5.74) is 0.766. The number of aliphatic carboxylic acids is 1. The second-order valence-corrected chi connectivity index (χ2v) is 3.81. The zero-order valence-electron chi connectivity index (χ0n) is 9.95. The summed E-state index contributed by atoms with van der Waals surface area (Å²) in [6.45, 7) is 1.71. The second kappa shape index (κ2) is 5.61. The van der Waals surface area contributed by atoms with Crippen LogP contribution in [-0.2, 0) is 9.53 Å². The number of methoxy groups -OCH3 is 1. The third-order valence-corrected chi connectivity index (χ3v) is 2.48. The van der Waals surface area contributed by atoms with E-state index in [1.54, 1.807) is 13.0 Å². The number of benzene rings is 1. The molecule has 0 fully saturated rings. The lowest BCUT2D eigenvalue weighted by atomic mass is 9.96. The van der Waals surface area contributed by atoms with Gasteiger partial charge in [0.2, 0.25) is 0 Å². The first kappa shape index (κ1) is 14.1. The third kappa shape index (κ3) is 2.85. The molecule has 0 spiro atoms. The summed E-state index contributed by atoms with van der Waals surface area (Å²) in [4.78, 5) is 22.1. The number of carbonyl (C=O) groups excluding carboxylic acids is 1. The molecule has 98 valence electrons. The molecule has 0 heterocycles. The molecule has 6 nitrogen and oxygen atoms in total. The van der Waals surface area contributed by atoms with Gasteiger partial charge in [-0.15, -0.1) is 0 Å². The number of aryl methyl sites for hydroxylation is 1. The molecular formula is C12H14O6. The van der Waals surface area contributed by atoms with Crippen LogP contribution in [-0.4, -0.2) is 40.5 Å². The van der Waals surface area contributed by atoms with E-state index in [0.29, 0.717) is 5.56 Å². The van der Waals surface area contributed by atoms with Crippen LogP contribution < -0.4 is 0 Å². The summed E-state index contributed by atoms with van der Waals surface area (Å²) >= 11 is 0. The minimum atomic E-state index is -2.00. The molecule has 0 aromatic heterocycles. The molecule has 1 aromatic carbocycles. The predicted octanol–water partition coefficient (Wildman–Crippen LogP) is 0.261. The Kier molecular flexibility index (Phi) is 4.41. The van der Waals surface area contributed by atoms with Crippen LogP contribution in [0.3, 0.4) is 0 Å². The minimum Gasteiger partial charge on any atom is -0.479 e. The first-order valence-corrected chi connectivity index (χ1v) is 5.16. The maximum atomic E-state index is 11.5. The summed E-state index contributed by atoms with van der Waals surface area (Å²) in [5, 5.41) is 27.7. The fraction of sp³-hybridized carbons (Fsp3) is 0.333. The smallest absolute Gasteiger partial charge is 0.338 e. The molecule has 0 aliphatic rings. The number of carboxylic acids is 1. The Bertz CT molecular complexity index is 468.